The molecule has 1 heterocycles. The lowest BCUT2D eigenvalue weighted by molar-refractivity contribution is 0.475. The third-order valence-electron chi connectivity index (χ3n) is 2.53. The van der Waals surface area contributed by atoms with Gasteiger partial charge in [0.05, 0.1) is 0 Å². The molecule has 84 valence electrons. The Labute approximate surface area is 97.3 Å². The number of phenolic OH excluding ortho intramolecular Hbond substituents is 1. The van der Waals surface area contributed by atoms with Crippen LogP contribution in [0.4, 0.5) is 5.69 Å². The van der Waals surface area contributed by atoms with Gasteiger partial charge < -0.3 is 15.3 Å². The van der Waals surface area contributed by atoms with Crippen LogP contribution in [0.25, 0.3) is 22.6 Å². The molecule has 3 N–H and O–H groups in total. The Bertz CT molecular complexity index is 671. The van der Waals surface area contributed by atoms with Crippen LogP contribution in [0.3, 0.4) is 0 Å². The van der Waals surface area contributed by atoms with E-state index in [2.05, 4.69) is 4.98 Å². The van der Waals surface area contributed by atoms with E-state index in [0.717, 1.165) is 11.1 Å². The van der Waals surface area contributed by atoms with Gasteiger partial charge >= 0.3 is 0 Å². The number of phenols is 1. The molecule has 3 rings (SSSR count). The summed E-state index contributed by atoms with van der Waals surface area (Å²) in [5.74, 6) is 0.736. The van der Waals surface area contributed by atoms with E-state index in [4.69, 9.17) is 10.2 Å². The highest BCUT2D eigenvalue weighted by molar-refractivity contribution is 5.79. The fourth-order valence-electron chi connectivity index (χ4n) is 1.67. The number of benzene rings is 2. The van der Waals surface area contributed by atoms with Gasteiger partial charge in [-0.15, -0.1) is 0 Å². The second-order valence-electron chi connectivity index (χ2n) is 3.79. The van der Waals surface area contributed by atoms with Crippen molar-refractivity contribution in [2.45, 2.75) is 0 Å². The van der Waals surface area contributed by atoms with Crippen molar-refractivity contribution in [1.82, 2.24) is 4.98 Å². The number of hydrogen-bond donors (Lipinski definition) is 2. The molecule has 1 aromatic heterocycles. The van der Waals surface area contributed by atoms with Crippen molar-refractivity contribution in [3.63, 3.8) is 0 Å². The Morgan fingerprint density at radius 1 is 1.06 bits per heavy atom. The molecule has 0 aliphatic rings. The minimum Gasteiger partial charge on any atom is -0.508 e. The molecule has 0 aliphatic carbocycles. The molecule has 2 aromatic carbocycles. The standard InChI is InChI=1S/C13H10N2O2/c14-9-3-6-11-12(7-9)17-13(15-11)8-1-4-10(16)5-2-8/h1-7,16H,14H2. The summed E-state index contributed by atoms with van der Waals surface area (Å²) in [6.45, 7) is 0. The van der Waals surface area contributed by atoms with E-state index in [1.165, 1.54) is 0 Å². The topological polar surface area (TPSA) is 72.3 Å². The van der Waals surface area contributed by atoms with Crippen LogP contribution in [0.1, 0.15) is 0 Å². The quantitative estimate of drug-likeness (QED) is 0.626. The lowest BCUT2D eigenvalue weighted by atomic mass is 10.2. The van der Waals surface area contributed by atoms with Crippen molar-refractivity contribution >= 4 is 16.8 Å². The van der Waals surface area contributed by atoms with Gasteiger partial charge in [-0.2, -0.15) is 0 Å². The van der Waals surface area contributed by atoms with Crippen molar-refractivity contribution < 1.29 is 9.52 Å². The maximum absolute atomic E-state index is 9.21. The largest absolute Gasteiger partial charge is 0.508 e. The number of hydrogen-bond acceptors (Lipinski definition) is 4. The molecule has 4 nitrogen and oxygen atoms in total. The zero-order chi connectivity index (χ0) is 11.8. The minimum atomic E-state index is 0.217. The van der Waals surface area contributed by atoms with E-state index in [1.807, 2.05) is 6.07 Å². The number of fused-ring (bicyclic) bond motifs is 1. The molecule has 4 heteroatoms. The number of rotatable bonds is 1. The Kier molecular flexibility index (Phi) is 2.01. The Morgan fingerprint density at radius 3 is 2.59 bits per heavy atom. The molecule has 3 aromatic rings. The van der Waals surface area contributed by atoms with Crippen molar-refractivity contribution in [2.24, 2.45) is 0 Å². The average Bonchev–Trinajstić information content (AvgIpc) is 2.72. The van der Waals surface area contributed by atoms with Gasteiger partial charge in [-0.1, -0.05) is 0 Å². The summed E-state index contributed by atoms with van der Waals surface area (Å²) in [5, 5.41) is 9.21. The highest BCUT2D eigenvalue weighted by Gasteiger charge is 2.07. The summed E-state index contributed by atoms with van der Waals surface area (Å²) < 4.78 is 5.60. The fourth-order valence-corrected chi connectivity index (χ4v) is 1.67. The number of nitrogens with two attached hydrogens (primary N) is 1. The lowest BCUT2D eigenvalue weighted by Crippen LogP contribution is -1.81. The van der Waals surface area contributed by atoms with Crippen LogP contribution in [0.5, 0.6) is 5.75 Å². The van der Waals surface area contributed by atoms with Gasteiger partial charge in [0, 0.05) is 17.3 Å². The lowest BCUT2D eigenvalue weighted by Gasteiger charge is -1.94. The van der Waals surface area contributed by atoms with Gasteiger partial charge in [-0.25, -0.2) is 4.98 Å². The van der Waals surface area contributed by atoms with E-state index in [1.54, 1.807) is 36.4 Å². The summed E-state index contributed by atoms with van der Waals surface area (Å²) in [6.07, 6.45) is 0. The van der Waals surface area contributed by atoms with Gasteiger partial charge in [0.15, 0.2) is 5.58 Å². The van der Waals surface area contributed by atoms with Crippen LogP contribution in [0.2, 0.25) is 0 Å². The first-order valence-corrected chi connectivity index (χ1v) is 5.18. The summed E-state index contributed by atoms with van der Waals surface area (Å²) in [6, 6.07) is 12.0. The van der Waals surface area contributed by atoms with Crippen LogP contribution in [0.15, 0.2) is 46.9 Å². The highest BCUT2D eigenvalue weighted by Crippen LogP contribution is 2.26. The minimum absolute atomic E-state index is 0.217. The third-order valence-corrected chi connectivity index (χ3v) is 2.53. The average molecular weight is 226 g/mol. The van der Waals surface area contributed by atoms with E-state index < -0.39 is 0 Å². The number of nitrogens with zero attached hydrogens (tertiary/aromatic N) is 1. The van der Waals surface area contributed by atoms with Gasteiger partial charge in [0.2, 0.25) is 5.89 Å². The number of aromatic hydroxyl groups is 1. The Balaban J connectivity index is 2.14. The summed E-state index contributed by atoms with van der Waals surface area (Å²) in [7, 11) is 0. The van der Waals surface area contributed by atoms with Crippen LogP contribution in [0, 0.1) is 0 Å². The van der Waals surface area contributed by atoms with E-state index in [0.29, 0.717) is 17.2 Å². The third kappa shape index (κ3) is 1.69. The number of oxazole rings is 1. The SMILES string of the molecule is Nc1ccc2nc(-c3ccc(O)cc3)oc2c1. The Morgan fingerprint density at radius 2 is 1.82 bits per heavy atom. The molecule has 17 heavy (non-hydrogen) atoms. The molecule has 0 bridgehead atoms. The molecule has 0 unspecified atom stereocenters. The number of aromatic nitrogens is 1. The van der Waals surface area contributed by atoms with Crippen LogP contribution >= 0.6 is 0 Å². The summed E-state index contributed by atoms with van der Waals surface area (Å²) in [4.78, 5) is 4.35. The first kappa shape index (κ1) is 9.72. The van der Waals surface area contributed by atoms with Crippen LogP contribution < -0.4 is 5.73 Å². The predicted octanol–water partition coefficient (Wildman–Crippen LogP) is 2.78. The van der Waals surface area contributed by atoms with E-state index >= 15 is 0 Å². The maximum Gasteiger partial charge on any atom is 0.227 e. The smallest absolute Gasteiger partial charge is 0.227 e. The molecule has 0 radical (unpaired) electrons. The van der Waals surface area contributed by atoms with Crippen molar-refractivity contribution in [2.75, 3.05) is 5.73 Å². The first-order valence-electron chi connectivity index (χ1n) is 5.18. The van der Waals surface area contributed by atoms with Gasteiger partial charge in [-0.3, -0.25) is 0 Å². The van der Waals surface area contributed by atoms with Crippen molar-refractivity contribution in [1.29, 1.82) is 0 Å². The molecule has 0 saturated carbocycles. The molecule has 0 amide bonds. The first-order chi connectivity index (χ1) is 8.22. The molecular weight excluding hydrogens is 216 g/mol. The second-order valence-corrected chi connectivity index (χ2v) is 3.79. The molecule has 0 aliphatic heterocycles. The molecule has 0 saturated heterocycles. The Hall–Kier alpha value is -2.49. The van der Waals surface area contributed by atoms with E-state index in [-0.39, 0.29) is 5.75 Å². The predicted molar refractivity (Wildman–Crippen MR) is 65.5 cm³/mol. The van der Waals surface area contributed by atoms with Crippen molar-refractivity contribution in [3.8, 4) is 17.2 Å². The molecule has 0 atom stereocenters. The van der Waals surface area contributed by atoms with Crippen LogP contribution in [-0.2, 0) is 0 Å². The number of anilines is 1. The summed E-state index contributed by atoms with van der Waals surface area (Å²) in [5.41, 5.74) is 8.56. The van der Waals surface area contributed by atoms with Gasteiger partial charge in [0.25, 0.3) is 0 Å². The zero-order valence-corrected chi connectivity index (χ0v) is 8.92. The van der Waals surface area contributed by atoms with Gasteiger partial charge in [-0.05, 0) is 36.4 Å². The zero-order valence-electron chi connectivity index (χ0n) is 8.92. The molecule has 0 fully saturated rings. The highest BCUT2D eigenvalue weighted by atomic mass is 16.3. The summed E-state index contributed by atoms with van der Waals surface area (Å²) >= 11 is 0. The van der Waals surface area contributed by atoms with Gasteiger partial charge in [0.1, 0.15) is 11.3 Å². The fraction of sp³-hybridized carbons (Fsp3) is 0. The van der Waals surface area contributed by atoms with Crippen molar-refractivity contribution in [3.05, 3.63) is 42.5 Å². The maximum atomic E-state index is 9.21. The monoisotopic (exact) mass is 226 g/mol. The molecule has 0 spiro atoms. The van der Waals surface area contributed by atoms with Crippen LogP contribution in [-0.4, -0.2) is 10.1 Å². The van der Waals surface area contributed by atoms with E-state index in [9.17, 15) is 5.11 Å². The number of nitrogen functional groups attached to an aromatic ring is 1. The normalized spacial score (nSPS) is 10.8. The molecular formula is C13H10N2O2. The second kappa shape index (κ2) is 3.52.